The first kappa shape index (κ1) is 22.2. The van der Waals surface area contributed by atoms with Gasteiger partial charge in [0.2, 0.25) is 0 Å². The van der Waals surface area contributed by atoms with Crippen molar-refractivity contribution in [2.24, 2.45) is 40.4 Å². The number of aliphatic hydroxyl groups excluding tert-OH is 1. The van der Waals surface area contributed by atoms with Gasteiger partial charge in [0.25, 0.3) is 0 Å². The van der Waals surface area contributed by atoms with Crippen molar-refractivity contribution in [1.82, 2.24) is 0 Å². The maximum Gasteiger partial charge on any atom is 0.397 e. The Morgan fingerprint density at radius 2 is 1.87 bits per heavy atom. The van der Waals surface area contributed by atoms with Crippen LogP contribution in [0.15, 0.2) is 11.6 Å². The van der Waals surface area contributed by atoms with Crippen LogP contribution in [-0.2, 0) is 19.4 Å². The van der Waals surface area contributed by atoms with Crippen LogP contribution < -0.4 is 0 Å². The minimum Gasteiger partial charge on any atom is -0.481 e. The Labute approximate surface area is 178 Å². The number of rotatable bonds is 4. The first-order chi connectivity index (χ1) is 13.9. The van der Waals surface area contributed by atoms with Crippen molar-refractivity contribution in [1.29, 1.82) is 0 Å². The molecule has 0 amide bonds. The van der Waals surface area contributed by atoms with E-state index in [1.54, 1.807) is 0 Å². The van der Waals surface area contributed by atoms with E-state index in [0.29, 0.717) is 18.8 Å². The summed E-state index contributed by atoms with van der Waals surface area (Å²) in [7, 11) is -4.50. The van der Waals surface area contributed by atoms with Crippen LogP contribution in [0.5, 0.6) is 0 Å². The summed E-state index contributed by atoms with van der Waals surface area (Å²) >= 11 is 0. The van der Waals surface area contributed by atoms with Crippen molar-refractivity contribution in [2.75, 3.05) is 0 Å². The topological polar surface area (TPSA) is 121 Å². The van der Waals surface area contributed by atoms with Crippen molar-refractivity contribution >= 4 is 16.4 Å². The molecule has 0 heterocycles. The normalized spacial score (nSPS) is 46.9. The van der Waals surface area contributed by atoms with Crippen LogP contribution in [0.3, 0.4) is 0 Å². The largest absolute Gasteiger partial charge is 0.481 e. The highest BCUT2D eigenvalue weighted by Crippen LogP contribution is 2.67. The van der Waals surface area contributed by atoms with Gasteiger partial charge in [0, 0.05) is 0 Å². The maximum absolute atomic E-state index is 11.7. The van der Waals surface area contributed by atoms with Gasteiger partial charge in [-0.15, -0.1) is 0 Å². The molecule has 0 aromatic rings. The highest BCUT2D eigenvalue weighted by molar-refractivity contribution is 7.80. The van der Waals surface area contributed by atoms with Gasteiger partial charge < -0.3 is 10.2 Å². The van der Waals surface area contributed by atoms with E-state index < -0.39 is 28.6 Å². The molecule has 0 spiro atoms. The van der Waals surface area contributed by atoms with Gasteiger partial charge in [-0.2, -0.15) is 8.42 Å². The van der Waals surface area contributed by atoms with E-state index in [0.717, 1.165) is 37.7 Å². The third kappa shape index (κ3) is 3.44. The average Bonchev–Trinajstić information content (AvgIpc) is 2.98. The van der Waals surface area contributed by atoms with Crippen LogP contribution in [0.2, 0.25) is 0 Å². The fourth-order valence-electron chi connectivity index (χ4n) is 7.90. The first-order valence-electron chi connectivity index (χ1n) is 11.1. The molecule has 0 aromatic carbocycles. The number of fused-ring (bicyclic) bond motifs is 5. The molecule has 3 N–H and O–H groups in total. The van der Waals surface area contributed by atoms with Crippen molar-refractivity contribution < 1.29 is 32.2 Å². The molecule has 8 heteroatoms. The molecule has 0 unspecified atom stereocenters. The molecule has 0 bridgehead atoms. The average molecular weight is 443 g/mol. The zero-order valence-electron chi connectivity index (χ0n) is 18.0. The first-order valence-corrected chi connectivity index (χ1v) is 12.5. The standard InChI is InChI=1S/C22H34O7S/c1-12(20(24)25)15-4-5-16-19-17(7-9-22(15,16)3)21(2)8-6-14(29-30(26,27)28)10-13(21)11-18(19)23/h11-12,14-19,23H,4-10H2,1-3H3,(H,24,25)(H,26,27,28)/t12-,14-,15+,16-,17-,18-,19-,21-,22+/m0/s1. The molecular formula is C22H34O7S. The predicted octanol–water partition coefficient (Wildman–Crippen LogP) is 3.44. The van der Waals surface area contributed by atoms with Crippen molar-refractivity contribution in [3.8, 4) is 0 Å². The van der Waals surface area contributed by atoms with E-state index in [4.69, 9.17) is 8.74 Å². The Hall–Kier alpha value is -0.960. The Morgan fingerprint density at radius 1 is 1.17 bits per heavy atom. The van der Waals surface area contributed by atoms with E-state index in [-0.39, 0.29) is 34.5 Å². The van der Waals surface area contributed by atoms with Gasteiger partial charge in [-0.1, -0.05) is 32.4 Å². The zero-order valence-corrected chi connectivity index (χ0v) is 18.8. The molecule has 0 aliphatic heterocycles. The van der Waals surface area contributed by atoms with Crippen LogP contribution in [-0.4, -0.2) is 41.4 Å². The molecular weight excluding hydrogens is 408 g/mol. The monoisotopic (exact) mass is 442 g/mol. The van der Waals surface area contributed by atoms with Gasteiger partial charge in [-0.3, -0.25) is 9.35 Å². The van der Waals surface area contributed by atoms with E-state index in [2.05, 4.69) is 13.8 Å². The molecule has 30 heavy (non-hydrogen) atoms. The third-order valence-electron chi connectivity index (χ3n) is 9.41. The van der Waals surface area contributed by atoms with Gasteiger partial charge >= 0.3 is 16.4 Å². The number of hydrogen-bond acceptors (Lipinski definition) is 5. The molecule has 4 aliphatic rings. The van der Waals surface area contributed by atoms with Crippen molar-refractivity contribution in [3.63, 3.8) is 0 Å². The smallest absolute Gasteiger partial charge is 0.397 e. The van der Waals surface area contributed by atoms with Crippen molar-refractivity contribution in [2.45, 2.75) is 77.9 Å². The van der Waals surface area contributed by atoms with Gasteiger partial charge in [-0.25, -0.2) is 4.18 Å². The van der Waals surface area contributed by atoms with Crippen LogP contribution >= 0.6 is 0 Å². The lowest BCUT2D eigenvalue weighted by molar-refractivity contribution is -0.147. The third-order valence-corrected chi connectivity index (χ3v) is 9.92. The fraction of sp³-hybridized carbons (Fsp3) is 0.864. The summed E-state index contributed by atoms with van der Waals surface area (Å²) in [6.45, 7) is 6.27. The molecule has 170 valence electrons. The van der Waals surface area contributed by atoms with Gasteiger partial charge in [0.15, 0.2) is 0 Å². The minimum absolute atomic E-state index is 0.0765. The summed E-state index contributed by atoms with van der Waals surface area (Å²) in [5, 5.41) is 20.8. The Bertz CT molecular complexity index is 852. The summed E-state index contributed by atoms with van der Waals surface area (Å²) < 4.78 is 36.2. The molecule has 4 aliphatic carbocycles. The molecule has 4 rings (SSSR count). The molecule has 0 saturated heterocycles. The number of carboxylic acids is 1. The van der Waals surface area contributed by atoms with Gasteiger partial charge in [0.05, 0.1) is 18.1 Å². The number of carboxylic acid groups (broad SMARTS) is 1. The van der Waals surface area contributed by atoms with Crippen molar-refractivity contribution in [3.05, 3.63) is 11.6 Å². The quantitative estimate of drug-likeness (QED) is 0.450. The van der Waals surface area contributed by atoms with E-state index >= 15 is 0 Å². The number of aliphatic hydroxyl groups is 1. The van der Waals surface area contributed by atoms with Gasteiger partial charge in [0.1, 0.15) is 0 Å². The highest BCUT2D eigenvalue weighted by atomic mass is 32.3. The second kappa shape index (κ2) is 7.29. The second-order valence-electron chi connectivity index (χ2n) is 10.6. The summed E-state index contributed by atoms with van der Waals surface area (Å²) in [5.41, 5.74) is 0.835. The van der Waals surface area contributed by atoms with E-state index in [1.165, 1.54) is 0 Å². The molecule has 7 nitrogen and oxygen atoms in total. The Morgan fingerprint density at radius 3 is 2.50 bits per heavy atom. The molecule has 0 radical (unpaired) electrons. The minimum atomic E-state index is -4.50. The zero-order chi connectivity index (χ0) is 22.1. The fourth-order valence-corrected chi connectivity index (χ4v) is 8.41. The van der Waals surface area contributed by atoms with Gasteiger partial charge in [-0.05, 0) is 79.4 Å². The number of carbonyl (C=O) groups is 1. The number of aliphatic carboxylic acids is 1. The van der Waals surface area contributed by atoms with E-state index in [1.807, 2.05) is 13.0 Å². The lowest BCUT2D eigenvalue weighted by atomic mass is 9.46. The highest BCUT2D eigenvalue weighted by Gasteiger charge is 2.61. The predicted molar refractivity (Wildman–Crippen MR) is 110 cm³/mol. The molecule has 9 atom stereocenters. The molecule has 0 aromatic heterocycles. The number of hydrogen-bond donors (Lipinski definition) is 3. The summed E-state index contributed by atoms with van der Waals surface area (Å²) in [6.07, 6.45) is 6.13. The van der Waals surface area contributed by atoms with Crippen LogP contribution in [0.1, 0.15) is 65.7 Å². The maximum atomic E-state index is 11.7. The van der Waals surface area contributed by atoms with Crippen LogP contribution in [0.25, 0.3) is 0 Å². The lowest BCUT2D eigenvalue weighted by Crippen LogP contribution is -2.55. The van der Waals surface area contributed by atoms with Crippen LogP contribution in [0, 0.1) is 40.4 Å². The summed E-state index contributed by atoms with van der Waals surface area (Å²) in [6, 6.07) is 0. The molecule has 3 fully saturated rings. The second-order valence-corrected chi connectivity index (χ2v) is 11.7. The Kier molecular flexibility index (Phi) is 5.40. The van der Waals surface area contributed by atoms with E-state index in [9.17, 15) is 23.4 Å². The SMILES string of the molecule is C[C@H](C(=O)O)[C@H]1CC[C@H]2[C@@H]3[C@@H](O)C=C4C[C@@H](OS(=O)(=O)O)CC[C@]4(C)[C@H]3CC[C@]12C. The molecule has 3 saturated carbocycles. The lowest BCUT2D eigenvalue weighted by Gasteiger charge is -2.59. The summed E-state index contributed by atoms with van der Waals surface area (Å²) in [4.78, 5) is 11.7. The summed E-state index contributed by atoms with van der Waals surface area (Å²) in [5.74, 6) is -0.310. The Balaban J connectivity index is 1.62. The van der Waals surface area contributed by atoms with Crippen LogP contribution in [0.4, 0.5) is 0 Å².